The van der Waals surface area contributed by atoms with Crippen LogP contribution in [0.25, 0.3) is 10.8 Å². The molecule has 0 amide bonds. The molecular formula is C11H12N2S. The molecule has 1 atom stereocenters. The molecule has 3 heteroatoms. The minimum absolute atomic E-state index is 0.494. The predicted octanol–water partition coefficient (Wildman–Crippen LogP) is 2.79. The lowest BCUT2D eigenvalue weighted by molar-refractivity contribution is 1.49. The summed E-state index contributed by atoms with van der Waals surface area (Å²) in [5, 5.41) is 2.16. The van der Waals surface area contributed by atoms with Gasteiger partial charge in [0, 0.05) is 16.0 Å². The van der Waals surface area contributed by atoms with Crippen molar-refractivity contribution in [2.45, 2.75) is 4.90 Å². The lowest BCUT2D eigenvalue weighted by atomic mass is 10.1. The van der Waals surface area contributed by atoms with Gasteiger partial charge in [0.25, 0.3) is 0 Å². The first kappa shape index (κ1) is 9.21. The summed E-state index contributed by atoms with van der Waals surface area (Å²) in [6.45, 7) is 0. The molecule has 0 bridgehead atoms. The molecule has 0 heterocycles. The normalized spacial score (nSPS) is 12.9. The van der Waals surface area contributed by atoms with Crippen molar-refractivity contribution in [2.24, 2.45) is 0 Å². The highest BCUT2D eigenvalue weighted by molar-refractivity contribution is 7.85. The summed E-state index contributed by atoms with van der Waals surface area (Å²) >= 11 is 0. The molecule has 0 spiro atoms. The van der Waals surface area contributed by atoms with Gasteiger partial charge in [0.05, 0.1) is 0 Å². The second kappa shape index (κ2) is 3.42. The number of anilines is 1. The van der Waals surface area contributed by atoms with Gasteiger partial charge in [0.1, 0.15) is 0 Å². The fourth-order valence-corrected chi connectivity index (χ4v) is 2.41. The van der Waals surface area contributed by atoms with Crippen molar-refractivity contribution in [2.75, 3.05) is 12.0 Å². The van der Waals surface area contributed by atoms with Crippen LogP contribution in [0.1, 0.15) is 0 Å². The Bertz CT molecular complexity index is 500. The van der Waals surface area contributed by atoms with Crippen LogP contribution in [0.2, 0.25) is 0 Å². The highest BCUT2D eigenvalue weighted by Gasteiger charge is 2.04. The second-order valence-corrected chi connectivity index (χ2v) is 4.67. The van der Waals surface area contributed by atoms with Crippen LogP contribution in [-0.2, 0) is 10.7 Å². The van der Waals surface area contributed by atoms with Gasteiger partial charge in [-0.2, -0.15) is 0 Å². The smallest absolute Gasteiger partial charge is 0.0405 e. The largest absolute Gasteiger partial charge is 0.398 e. The van der Waals surface area contributed by atoms with Gasteiger partial charge >= 0.3 is 0 Å². The molecule has 0 saturated carbocycles. The monoisotopic (exact) mass is 204 g/mol. The number of nitrogens with two attached hydrogens (primary N) is 1. The van der Waals surface area contributed by atoms with Gasteiger partial charge in [-0.3, -0.25) is 4.78 Å². The Labute approximate surface area is 85.6 Å². The van der Waals surface area contributed by atoms with Gasteiger partial charge in [-0.1, -0.05) is 35.0 Å². The molecule has 14 heavy (non-hydrogen) atoms. The van der Waals surface area contributed by atoms with E-state index in [2.05, 4.69) is 0 Å². The minimum atomic E-state index is -0.494. The van der Waals surface area contributed by atoms with Gasteiger partial charge < -0.3 is 5.73 Å². The number of nitrogen functional groups attached to an aromatic ring is 1. The summed E-state index contributed by atoms with van der Waals surface area (Å²) in [5.74, 6) is 0. The number of hydrogen-bond donors (Lipinski definition) is 2. The van der Waals surface area contributed by atoms with Crippen LogP contribution in [0.4, 0.5) is 5.69 Å². The predicted molar refractivity (Wildman–Crippen MR) is 62.6 cm³/mol. The van der Waals surface area contributed by atoms with Gasteiger partial charge in [-0.05, 0) is 23.8 Å². The lowest BCUT2D eigenvalue weighted by Crippen LogP contribution is -1.92. The second-order valence-electron chi connectivity index (χ2n) is 3.21. The molecule has 1 unspecified atom stereocenters. The van der Waals surface area contributed by atoms with Crippen molar-refractivity contribution < 1.29 is 0 Å². The molecule has 0 fully saturated rings. The Morgan fingerprint density at radius 1 is 1.14 bits per heavy atom. The summed E-state index contributed by atoms with van der Waals surface area (Å²) < 4.78 is 7.77. The Balaban J connectivity index is 2.91. The Hall–Kier alpha value is -1.35. The zero-order valence-corrected chi connectivity index (χ0v) is 8.77. The summed E-state index contributed by atoms with van der Waals surface area (Å²) in [7, 11) is -0.494. The third kappa shape index (κ3) is 1.40. The van der Waals surface area contributed by atoms with E-state index in [9.17, 15) is 0 Å². The van der Waals surface area contributed by atoms with Crippen molar-refractivity contribution in [3.8, 4) is 0 Å². The average Bonchev–Trinajstić information content (AvgIpc) is 2.17. The molecule has 0 saturated heterocycles. The van der Waals surface area contributed by atoms with Gasteiger partial charge in [0.2, 0.25) is 0 Å². The number of nitrogens with one attached hydrogen (secondary N) is 1. The van der Waals surface area contributed by atoms with E-state index in [0.29, 0.717) is 0 Å². The Morgan fingerprint density at radius 3 is 2.43 bits per heavy atom. The van der Waals surface area contributed by atoms with Crippen molar-refractivity contribution in [3.63, 3.8) is 0 Å². The maximum absolute atomic E-state index is 7.77. The van der Waals surface area contributed by atoms with Crippen LogP contribution in [0, 0.1) is 4.78 Å². The average molecular weight is 204 g/mol. The topological polar surface area (TPSA) is 49.9 Å². The molecule has 2 nitrogen and oxygen atoms in total. The first-order chi connectivity index (χ1) is 6.70. The van der Waals surface area contributed by atoms with Crippen molar-refractivity contribution in [1.29, 1.82) is 4.78 Å². The van der Waals surface area contributed by atoms with Crippen LogP contribution in [0.15, 0.2) is 41.3 Å². The van der Waals surface area contributed by atoms with E-state index in [1.54, 1.807) is 0 Å². The van der Waals surface area contributed by atoms with Crippen LogP contribution < -0.4 is 5.73 Å². The van der Waals surface area contributed by atoms with Crippen LogP contribution in [0.3, 0.4) is 0 Å². The number of hydrogen-bond acceptors (Lipinski definition) is 2. The third-order valence-corrected chi connectivity index (χ3v) is 3.23. The van der Waals surface area contributed by atoms with Crippen molar-refractivity contribution >= 4 is 27.2 Å². The molecular weight excluding hydrogens is 192 g/mol. The Kier molecular flexibility index (Phi) is 2.25. The molecule has 3 N–H and O–H groups in total. The van der Waals surface area contributed by atoms with Gasteiger partial charge in [-0.25, -0.2) is 0 Å². The zero-order valence-electron chi connectivity index (χ0n) is 7.95. The molecule has 0 aliphatic carbocycles. The number of fused-ring (bicyclic) bond motifs is 1. The number of rotatable bonds is 1. The van der Waals surface area contributed by atoms with E-state index in [0.717, 1.165) is 21.4 Å². The Morgan fingerprint density at radius 2 is 1.79 bits per heavy atom. The standard InChI is InChI=1S/C11H12N2S/c1-14(13)10-7-3-5-8-4-2-6-9(12)11(8)10/h2-7,13H,12H2,1H3. The van der Waals surface area contributed by atoms with E-state index >= 15 is 0 Å². The fraction of sp³-hybridized carbons (Fsp3) is 0.0909. The first-order valence-electron chi connectivity index (χ1n) is 4.34. The summed E-state index contributed by atoms with van der Waals surface area (Å²) in [6, 6.07) is 11.9. The molecule has 0 radical (unpaired) electrons. The van der Waals surface area contributed by atoms with Crippen LogP contribution in [-0.4, -0.2) is 6.26 Å². The van der Waals surface area contributed by atoms with Gasteiger partial charge in [0.15, 0.2) is 0 Å². The molecule has 0 aliphatic heterocycles. The van der Waals surface area contributed by atoms with Crippen molar-refractivity contribution in [1.82, 2.24) is 0 Å². The molecule has 0 aliphatic rings. The van der Waals surface area contributed by atoms with E-state index < -0.39 is 10.7 Å². The third-order valence-electron chi connectivity index (χ3n) is 2.23. The van der Waals surface area contributed by atoms with Crippen molar-refractivity contribution in [3.05, 3.63) is 36.4 Å². The quantitative estimate of drug-likeness (QED) is 0.689. The van der Waals surface area contributed by atoms with Crippen LogP contribution in [0.5, 0.6) is 0 Å². The summed E-state index contributed by atoms with van der Waals surface area (Å²) in [4.78, 5) is 1.03. The maximum atomic E-state index is 7.77. The summed E-state index contributed by atoms with van der Waals surface area (Å²) in [5.41, 5.74) is 6.68. The van der Waals surface area contributed by atoms with E-state index in [1.165, 1.54) is 0 Å². The molecule has 2 aromatic rings. The summed E-state index contributed by atoms with van der Waals surface area (Å²) in [6.07, 6.45) is 1.89. The maximum Gasteiger partial charge on any atom is 0.0405 e. The highest BCUT2D eigenvalue weighted by atomic mass is 32.2. The van der Waals surface area contributed by atoms with Crippen LogP contribution >= 0.6 is 0 Å². The molecule has 72 valence electrons. The molecule has 2 rings (SSSR count). The number of benzene rings is 2. The fourth-order valence-electron chi connectivity index (χ4n) is 1.59. The van der Waals surface area contributed by atoms with E-state index in [-0.39, 0.29) is 0 Å². The SMILES string of the molecule is CS(=N)c1cccc2cccc(N)c12. The first-order valence-corrected chi connectivity index (χ1v) is 5.98. The molecule has 0 aromatic heterocycles. The lowest BCUT2D eigenvalue weighted by Gasteiger charge is -2.07. The highest BCUT2D eigenvalue weighted by Crippen LogP contribution is 2.26. The van der Waals surface area contributed by atoms with E-state index in [1.807, 2.05) is 42.7 Å². The van der Waals surface area contributed by atoms with Gasteiger partial charge in [-0.15, -0.1) is 0 Å². The zero-order chi connectivity index (χ0) is 10.1. The van der Waals surface area contributed by atoms with E-state index in [4.69, 9.17) is 10.5 Å². The molecule has 2 aromatic carbocycles. The minimum Gasteiger partial charge on any atom is -0.398 e.